The standard InChI is InChI=1S/C16H30N2O/c1-7-13(3)18(8-2)12-14-9-10-19-15(14)11-17-16(4,5)6/h9-10,13,17H,7-8,11-12H2,1-6H3. The molecule has 0 aromatic carbocycles. The topological polar surface area (TPSA) is 28.4 Å². The Balaban J connectivity index is 2.66. The van der Waals surface area contributed by atoms with E-state index in [0.717, 1.165) is 25.4 Å². The second-order valence-corrected chi connectivity index (χ2v) is 6.29. The monoisotopic (exact) mass is 266 g/mol. The Morgan fingerprint density at radius 2 is 2.00 bits per heavy atom. The zero-order valence-corrected chi connectivity index (χ0v) is 13.4. The third-order valence-electron chi connectivity index (χ3n) is 3.61. The normalized spacial score (nSPS) is 14.1. The van der Waals surface area contributed by atoms with Crippen molar-refractivity contribution < 1.29 is 4.42 Å². The lowest BCUT2D eigenvalue weighted by Gasteiger charge is -2.27. The molecule has 1 rings (SSSR count). The molecule has 0 radical (unpaired) electrons. The Bertz CT molecular complexity index is 365. The highest BCUT2D eigenvalue weighted by Gasteiger charge is 2.16. The van der Waals surface area contributed by atoms with E-state index in [0.29, 0.717) is 6.04 Å². The van der Waals surface area contributed by atoms with Crippen LogP contribution in [0.15, 0.2) is 16.7 Å². The van der Waals surface area contributed by atoms with Crippen LogP contribution in [0, 0.1) is 0 Å². The first kappa shape index (κ1) is 16.3. The highest BCUT2D eigenvalue weighted by molar-refractivity contribution is 5.17. The van der Waals surface area contributed by atoms with Gasteiger partial charge in [-0.15, -0.1) is 0 Å². The van der Waals surface area contributed by atoms with Crippen LogP contribution in [0.1, 0.15) is 59.3 Å². The molecule has 1 atom stereocenters. The number of hydrogen-bond acceptors (Lipinski definition) is 3. The fourth-order valence-corrected chi connectivity index (χ4v) is 2.06. The maximum absolute atomic E-state index is 5.63. The lowest BCUT2D eigenvalue weighted by atomic mass is 10.1. The van der Waals surface area contributed by atoms with Gasteiger partial charge < -0.3 is 9.73 Å². The summed E-state index contributed by atoms with van der Waals surface area (Å²) in [6, 6.07) is 2.72. The van der Waals surface area contributed by atoms with E-state index in [2.05, 4.69) is 57.8 Å². The van der Waals surface area contributed by atoms with Gasteiger partial charge in [0.2, 0.25) is 0 Å². The summed E-state index contributed by atoms with van der Waals surface area (Å²) in [6.07, 6.45) is 2.99. The largest absolute Gasteiger partial charge is 0.468 e. The molecule has 0 saturated carbocycles. The molecule has 0 amide bonds. The molecule has 1 aromatic heterocycles. The molecule has 1 heterocycles. The summed E-state index contributed by atoms with van der Waals surface area (Å²) >= 11 is 0. The zero-order chi connectivity index (χ0) is 14.5. The van der Waals surface area contributed by atoms with E-state index in [1.165, 1.54) is 12.0 Å². The van der Waals surface area contributed by atoms with Crippen molar-refractivity contribution in [2.75, 3.05) is 6.54 Å². The zero-order valence-electron chi connectivity index (χ0n) is 13.4. The predicted molar refractivity (Wildman–Crippen MR) is 81.1 cm³/mol. The van der Waals surface area contributed by atoms with E-state index in [-0.39, 0.29) is 5.54 Å². The summed E-state index contributed by atoms with van der Waals surface area (Å²) in [4.78, 5) is 2.49. The lowest BCUT2D eigenvalue weighted by Crippen LogP contribution is -2.36. The fourth-order valence-electron chi connectivity index (χ4n) is 2.06. The molecule has 0 bridgehead atoms. The molecule has 110 valence electrons. The van der Waals surface area contributed by atoms with Crippen LogP contribution < -0.4 is 5.32 Å². The first-order chi connectivity index (χ1) is 8.87. The molecule has 3 heteroatoms. The molecule has 1 aromatic rings. The predicted octanol–water partition coefficient (Wildman–Crippen LogP) is 3.79. The van der Waals surface area contributed by atoms with Crippen LogP contribution in [-0.2, 0) is 13.1 Å². The van der Waals surface area contributed by atoms with Crippen LogP contribution in [0.5, 0.6) is 0 Å². The van der Waals surface area contributed by atoms with Gasteiger partial charge in [-0.2, -0.15) is 0 Å². The van der Waals surface area contributed by atoms with Gasteiger partial charge in [0, 0.05) is 23.7 Å². The van der Waals surface area contributed by atoms with Crippen molar-refractivity contribution in [1.82, 2.24) is 10.2 Å². The summed E-state index contributed by atoms with van der Waals surface area (Å²) < 4.78 is 5.63. The maximum Gasteiger partial charge on any atom is 0.122 e. The Kier molecular flexibility index (Phi) is 6.08. The van der Waals surface area contributed by atoms with Gasteiger partial charge in [-0.05, 0) is 46.7 Å². The van der Waals surface area contributed by atoms with E-state index < -0.39 is 0 Å². The van der Waals surface area contributed by atoms with Crippen LogP contribution in [-0.4, -0.2) is 23.0 Å². The van der Waals surface area contributed by atoms with E-state index in [9.17, 15) is 0 Å². The second-order valence-electron chi connectivity index (χ2n) is 6.29. The van der Waals surface area contributed by atoms with E-state index in [1.54, 1.807) is 6.26 Å². The van der Waals surface area contributed by atoms with Crippen molar-refractivity contribution in [2.24, 2.45) is 0 Å². The smallest absolute Gasteiger partial charge is 0.122 e. The molecule has 3 nitrogen and oxygen atoms in total. The van der Waals surface area contributed by atoms with E-state index >= 15 is 0 Å². The van der Waals surface area contributed by atoms with Crippen LogP contribution >= 0.6 is 0 Å². The van der Waals surface area contributed by atoms with Gasteiger partial charge in [-0.25, -0.2) is 0 Å². The van der Waals surface area contributed by atoms with Crippen molar-refractivity contribution in [1.29, 1.82) is 0 Å². The van der Waals surface area contributed by atoms with Crippen molar-refractivity contribution in [3.63, 3.8) is 0 Å². The van der Waals surface area contributed by atoms with Gasteiger partial charge in [0.05, 0.1) is 12.8 Å². The van der Waals surface area contributed by atoms with Crippen LogP contribution in [0.25, 0.3) is 0 Å². The van der Waals surface area contributed by atoms with Crippen LogP contribution in [0.4, 0.5) is 0 Å². The second kappa shape index (κ2) is 7.11. The Morgan fingerprint density at radius 1 is 1.32 bits per heavy atom. The minimum Gasteiger partial charge on any atom is -0.468 e. The summed E-state index contributed by atoms with van der Waals surface area (Å²) in [5, 5.41) is 3.49. The number of nitrogens with one attached hydrogen (secondary N) is 1. The average molecular weight is 266 g/mol. The maximum atomic E-state index is 5.63. The molecule has 0 fully saturated rings. The first-order valence-electron chi connectivity index (χ1n) is 7.41. The average Bonchev–Trinajstić information content (AvgIpc) is 2.79. The Labute approximate surface area is 118 Å². The van der Waals surface area contributed by atoms with Gasteiger partial charge in [-0.3, -0.25) is 4.90 Å². The van der Waals surface area contributed by atoms with Gasteiger partial charge in [0.15, 0.2) is 0 Å². The van der Waals surface area contributed by atoms with E-state index in [1.807, 2.05) is 0 Å². The highest BCUT2D eigenvalue weighted by Crippen LogP contribution is 2.16. The molecule has 0 saturated heterocycles. The minimum absolute atomic E-state index is 0.116. The highest BCUT2D eigenvalue weighted by atomic mass is 16.3. The molecule has 0 aliphatic heterocycles. The Hall–Kier alpha value is -0.800. The number of rotatable bonds is 7. The Morgan fingerprint density at radius 3 is 2.53 bits per heavy atom. The molecular formula is C16H30N2O. The quantitative estimate of drug-likeness (QED) is 0.814. The van der Waals surface area contributed by atoms with Crippen molar-refractivity contribution in [2.45, 2.75) is 72.6 Å². The number of hydrogen-bond donors (Lipinski definition) is 1. The summed E-state index contributed by atoms with van der Waals surface area (Å²) in [6.45, 7) is 16.1. The summed E-state index contributed by atoms with van der Waals surface area (Å²) in [5.41, 5.74) is 1.42. The SMILES string of the molecule is CCC(C)N(CC)Cc1ccoc1CNC(C)(C)C. The van der Waals surface area contributed by atoms with Crippen LogP contribution in [0.2, 0.25) is 0 Å². The van der Waals surface area contributed by atoms with Crippen molar-refractivity contribution in [3.05, 3.63) is 23.7 Å². The third kappa shape index (κ3) is 5.37. The van der Waals surface area contributed by atoms with Crippen molar-refractivity contribution >= 4 is 0 Å². The number of nitrogens with zero attached hydrogens (tertiary/aromatic N) is 1. The van der Waals surface area contributed by atoms with Crippen LogP contribution in [0.3, 0.4) is 0 Å². The molecular weight excluding hydrogens is 236 g/mol. The first-order valence-corrected chi connectivity index (χ1v) is 7.41. The van der Waals surface area contributed by atoms with Crippen molar-refractivity contribution in [3.8, 4) is 0 Å². The lowest BCUT2D eigenvalue weighted by molar-refractivity contribution is 0.204. The molecule has 19 heavy (non-hydrogen) atoms. The summed E-state index contributed by atoms with van der Waals surface area (Å²) in [5.74, 6) is 1.07. The fraction of sp³-hybridized carbons (Fsp3) is 0.750. The summed E-state index contributed by atoms with van der Waals surface area (Å²) in [7, 11) is 0. The molecule has 0 aliphatic carbocycles. The van der Waals surface area contributed by atoms with E-state index in [4.69, 9.17) is 4.42 Å². The molecule has 0 aliphatic rings. The van der Waals surface area contributed by atoms with Gasteiger partial charge in [0.25, 0.3) is 0 Å². The number of furan rings is 1. The molecule has 0 spiro atoms. The third-order valence-corrected chi connectivity index (χ3v) is 3.61. The molecule has 1 N–H and O–H groups in total. The van der Waals surface area contributed by atoms with Gasteiger partial charge in [0.1, 0.15) is 5.76 Å². The minimum atomic E-state index is 0.116. The molecule has 1 unspecified atom stereocenters. The van der Waals surface area contributed by atoms with Gasteiger partial charge >= 0.3 is 0 Å². The van der Waals surface area contributed by atoms with Gasteiger partial charge in [-0.1, -0.05) is 13.8 Å².